The van der Waals surface area contributed by atoms with Crippen LogP contribution in [0.1, 0.15) is 25.0 Å². The number of aryl methyl sites for hydroxylation is 1. The zero-order chi connectivity index (χ0) is 18.1. The van der Waals surface area contributed by atoms with Gasteiger partial charge in [-0.25, -0.2) is 10.2 Å². The van der Waals surface area contributed by atoms with Crippen molar-refractivity contribution in [3.8, 4) is 11.5 Å². The number of ether oxygens (including phenoxy) is 2. The first-order valence-corrected chi connectivity index (χ1v) is 8.19. The van der Waals surface area contributed by atoms with Crippen molar-refractivity contribution in [1.82, 2.24) is 5.43 Å². The van der Waals surface area contributed by atoms with Gasteiger partial charge in [-0.15, -0.1) is 0 Å². The van der Waals surface area contributed by atoms with E-state index >= 15 is 0 Å². The van der Waals surface area contributed by atoms with Gasteiger partial charge in [0, 0.05) is 5.69 Å². The Morgan fingerprint density at radius 2 is 1.80 bits per heavy atom. The molecular weight excluding hydrogens is 318 g/mol. The van der Waals surface area contributed by atoms with Gasteiger partial charge in [0.2, 0.25) is 0 Å². The molecule has 132 valence electrons. The summed E-state index contributed by atoms with van der Waals surface area (Å²) in [5.41, 5.74) is 4.97. The molecule has 0 heterocycles. The average Bonchev–Trinajstić information content (AvgIpc) is 2.59. The highest BCUT2D eigenvalue weighted by atomic mass is 16.5. The summed E-state index contributed by atoms with van der Waals surface area (Å²) in [6, 6.07) is 12.6. The Bertz CT molecular complexity index is 744. The van der Waals surface area contributed by atoms with Gasteiger partial charge in [-0.05, 0) is 56.2 Å². The molecule has 0 unspecified atom stereocenters. The van der Waals surface area contributed by atoms with Gasteiger partial charge in [0.15, 0.2) is 11.5 Å². The summed E-state index contributed by atoms with van der Waals surface area (Å²) in [5.74, 6) is 1.34. The van der Waals surface area contributed by atoms with E-state index in [1.807, 2.05) is 63.2 Å². The Labute approximate surface area is 147 Å². The van der Waals surface area contributed by atoms with Gasteiger partial charge in [0.05, 0.1) is 19.4 Å². The molecule has 0 aliphatic carbocycles. The van der Waals surface area contributed by atoms with Crippen molar-refractivity contribution in [3.05, 3.63) is 53.6 Å². The number of rotatable bonds is 7. The maximum absolute atomic E-state index is 11.9. The zero-order valence-corrected chi connectivity index (χ0v) is 14.7. The molecule has 2 N–H and O–H groups in total. The smallest absolute Gasteiger partial charge is 0.339 e. The number of hydrogen-bond acceptors (Lipinski definition) is 4. The van der Waals surface area contributed by atoms with E-state index in [0.717, 1.165) is 16.8 Å². The summed E-state index contributed by atoms with van der Waals surface area (Å²) in [5, 5.41) is 6.71. The molecule has 2 aromatic rings. The van der Waals surface area contributed by atoms with Gasteiger partial charge in [0.1, 0.15) is 0 Å². The number of nitrogens with one attached hydrogen (secondary N) is 2. The maximum Gasteiger partial charge on any atom is 0.339 e. The fourth-order valence-corrected chi connectivity index (χ4v) is 2.18. The van der Waals surface area contributed by atoms with Crippen molar-refractivity contribution < 1.29 is 14.3 Å². The van der Waals surface area contributed by atoms with Crippen LogP contribution >= 0.6 is 0 Å². The molecule has 0 saturated heterocycles. The molecule has 6 nitrogen and oxygen atoms in total. The number of hydrazone groups is 1. The molecular formula is C19H23N3O3. The Morgan fingerprint density at radius 3 is 2.52 bits per heavy atom. The first-order chi connectivity index (χ1) is 12.1. The second-order valence-electron chi connectivity index (χ2n) is 5.21. The summed E-state index contributed by atoms with van der Waals surface area (Å²) in [4.78, 5) is 11.9. The second kappa shape index (κ2) is 9.32. The number of amides is 2. The first kappa shape index (κ1) is 18.3. The van der Waals surface area contributed by atoms with E-state index in [0.29, 0.717) is 24.7 Å². The van der Waals surface area contributed by atoms with Crippen molar-refractivity contribution in [3.63, 3.8) is 0 Å². The maximum atomic E-state index is 11.9. The second-order valence-corrected chi connectivity index (χ2v) is 5.21. The Balaban J connectivity index is 1.98. The molecule has 0 atom stereocenters. The Hall–Kier alpha value is -3.02. The molecule has 0 saturated carbocycles. The van der Waals surface area contributed by atoms with Crippen LogP contribution in [0.3, 0.4) is 0 Å². The Morgan fingerprint density at radius 1 is 1.08 bits per heavy atom. The number of anilines is 1. The molecule has 25 heavy (non-hydrogen) atoms. The highest BCUT2D eigenvalue weighted by Gasteiger charge is 2.05. The molecule has 0 aliphatic heterocycles. The van der Waals surface area contributed by atoms with Gasteiger partial charge in [-0.1, -0.05) is 18.2 Å². The van der Waals surface area contributed by atoms with Crippen LogP contribution in [-0.4, -0.2) is 25.5 Å². The van der Waals surface area contributed by atoms with E-state index < -0.39 is 6.03 Å². The van der Waals surface area contributed by atoms with Gasteiger partial charge in [-0.2, -0.15) is 5.10 Å². The third kappa shape index (κ3) is 5.53. The van der Waals surface area contributed by atoms with E-state index in [4.69, 9.17) is 9.47 Å². The lowest BCUT2D eigenvalue weighted by Crippen LogP contribution is -2.24. The van der Waals surface area contributed by atoms with Crippen LogP contribution in [0.15, 0.2) is 47.6 Å². The summed E-state index contributed by atoms with van der Waals surface area (Å²) in [6.45, 7) is 6.86. The van der Waals surface area contributed by atoms with Crippen LogP contribution in [0.5, 0.6) is 11.5 Å². The Kier molecular flexibility index (Phi) is 6.83. The van der Waals surface area contributed by atoms with Gasteiger partial charge < -0.3 is 14.8 Å². The number of hydrogen-bond donors (Lipinski definition) is 2. The van der Waals surface area contributed by atoms with Crippen LogP contribution in [0.4, 0.5) is 10.5 Å². The van der Waals surface area contributed by atoms with Gasteiger partial charge in [0.25, 0.3) is 0 Å². The lowest BCUT2D eigenvalue weighted by atomic mass is 10.2. The van der Waals surface area contributed by atoms with E-state index in [9.17, 15) is 4.79 Å². The van der Waals surface area contributed by atoms with Crippen LogP contribution < -0.4 is 20.2 Å². The SMILES string of the molecule is CCOc1ccc(/C=N\NC(=O)Nc2ccccc2C)cc1OCC. The van der Waals surface area contributed by atoms with E-state index in [1.165, 1.54) is 0 Å². The van der Waals surface area contributed by atoms with Crippen LogP contribution in [0.25, 0.3) is 0 Å². The van der Waals surface area contributed by atoms with Crippen molar-refractivity contribution in [2.45, 2.75) is 20.8 Å². The van der Waals surface area contributed by atoms with E-state index in [1.54, 1.807) is 6.21 Å². The molecule has 6 heteroatoms. The number of carbonyl (C=O) groups is 1. The minimum Gasteiger partial charge on any atom is -0.490 e. The number of carbonyl (C=O) groups excluding carboxylic acids is 1. The van der Waals surface area contributed by atoms with E-state index in [-0.39, 0.29) is 0 Å². The first-order valence-electron chi connectivity index (χ1n) is 8.19. The van der Waals surface area contributed by atoms with Crippen molar-refractivity contribution in [2.75, 3.05) is 18.5 Å². The summed E-state index contributed by atoms with van der Waals surface area (Å²) < 4.78 is 11.1. The molecule has 0 spiro atoms. The monoisotopic (exact) mass is 341 g/mol. The molecule has 0 radical (unpaired) electrons. The van der Waals surface area contributed by atoms with Crippen LogP contribution in [-0.2, 0) is 0 Å². The average molecular weight is 341 g/mol. The molecule has 0 fully saturated rings. The number of urea groups is 1. The van der Waals surface area contributed by atoms with Gasteiger partial charge >= 0.3 is 6.03 Å². The highest BCUT2D eigenvalue weighted by molar-refractivity contribution is 5.91. The number of benzene rings is 2. The van der Waals surface area contributed by atoms with Crippen molar-refractivity contribution >= 4 is 17.9 Å². The summed E-state index contributed by atoms with van der Waals surface area (Å²) >= 11 is 0. The zero-order valence-electron chi connectivity index (χ0n) is 14.7. The predicted molar refractivity (Wildman–Crippen MR) is 99.7 cm³/mol. The third-order valence-electron chi connectivity index (χ3n) is 3.34. The highest BCUT2D eigenvalue weighted by Crippen LogP contribution is 2.27. The van der Waals surface area contributed by atoms with Gasteiger partial charge in [-0.3, -0.25) is 0 Å². The largest absolute Gasteiger partial charge is 0.490 e. The minimum atomic E-state index is -0.401. The predicted octanol–water partition coefficient (Wildman–Crippen LogP) is 3.95. The number of para-hydroxylation sites is 1. The summed E-state index contributed by atoms with van der Waals surface area (Å²) in [6.07, 6.45) is 1.55. The van der Waals surface area contributed by atoms with Crippen molar-refractivity contribution in [1.29, 1.82) is 0 Å². The molecule has 0 bridgehead atoms. The van der Waals surface area contributed by atoms with Crippen LogP contribution in [0.2, 0.25) is 0 Å². The molecule has 0 aromatic heterocycles. The van der Waals surface area contributed by atoms with Crippen LogP contribution in [0, 0.1) is 6.92 Å². The minimum absolute atomic E-state index is 0.401. The standard InChI is InChI=1S/C19H23N3O3/c1-4-24-17-11-10-15(12-18(17)25-5-2)13-20-22-19(23)21-16-9-7-6-8-14(16)3/h6-13H,4-5H2,1-3H3,(H2,21,22,23)/b20-13-. The molecule has 2 rings (SSSR count). The topological polar surface area (TPSA) is 72.0 Å². The third-order valence-corrected chi connectivity index (χ3v) is 3.34. The molecule has 2 aromatic carbocycles. The summed E-state index contributed by atoms with van der Waals surface area (Å²) in [7, 11) is 0. The normalized spacial score (nSPS) is 10.5. The number of nitrogens with zero attached hydrogens (tertiary/aromatic N) is 1. The fourth-order valence-electron chi connectivity index (χ4n) is 2.18. The van der Waals surface area contributed by atoms with Crippen molar-refractivity contribution in [2.24, 2.45) is 5.10 Å². The molecule has 2 amide bonds. The fraction of sp³-hybridized carbons (Fsp3) is 0.263. The van der Waals surface area contributed by atoms with E-state index in [2.05, 4.69) is 15.8 Å². The lowest BCUT2D eigenvalue weighted by Gasteiger charge is -2.11. The molecule has 0 aliphatic rings. The quantitative estimate of drug-likeness (QED) is 0.592. The lowest BCUT2D eigenvalue weighted by molar-refractivity contribution is 0.252.